The van der Waals surface area contributed by atoms with Crippen LogP contribution < -0.4 is 16.4 Å². The number of anilines is 1. The molecular formula is C24H29N7O5S3. The van der Waals surface area contributed by atoms with Gasteiger partial charge >= 0.3 is 5.97 Å². The number of amides is 3. The first-order valence-electron chi connectivity index (χ1n) is 12.0. The van der Waals surface area contributed by atoms with Crippen LogP contribution >= 0.6 is 35.3 Å². The van der Waals surface area contributed by atoms with Gasteiger partial charge in [-0.2, -0.15) is 11.8 Å². The molecule has 2 aliphatic heterocycles. The largest absolute Gasteiger partial charge is 0.477 e. The van der Waals surface area contributed by atoms with Gasteiger partial charge in [0.2, 0.25) is 17.0 Å². The number of nitrogens with one attached hydrogen (secondary N) is 3. The lowest BCUT2D eigenvalue weighted by Crippen LogP contribution is -2.70. The van der Waals surface area contributed by atoms with E-state index in [0.717, 1.165) is 5.75 Å². The van der Waals surface area contributed by atoms with E-state index in [-0.39, 0.29) is 18.0 Å². The number of thioether (sulfide) groups is 3. The third-order valence-electron chi connectivity index (χ3n) is 6.11. The number of aryl methyl sites for hydroxylation is 1. The predicted molar refractivity (Wildman–Crippen MR) is 151 cm³/mol. The van der Waals surface area contributed by atoms with Gasteiger partial charge in [0, 0.05) is 17.2 Å². The Morgan fingerprint density at radius 1 is 1.33 bits per heavy atom. The summed E-state index contributed by atoms with van der Waals surface area (Å²) in [6.07, 6.45) is 2.40. The molecule has 2 aromatic rings. The Kier molecular flexibility index (Phi) is 9.58. The lowest BCUT2D eigenvalue weighted by atomic mass is 10.0. The number of carboxylic acid groups (broad SMARTS) is 1. The second kappa shape index (κ2) is 12.9. The van der Waals surface area contributed by atoms with E-state index in [1.54, 1.807) is 43.0 Å². The lowest BCUT2D eigenvalue weighted by molar-refractivity contribution is -0.150. The summed E-state index contributed by atoms with van der Waals surface area (Å²) in [6.45, 7) is 1.77. The van der Waals surface area contributed by atoms with Crippen molar-refractivity contribution >= 4 is 64.7 Å². The molecule has 3 atom stereocenters. The maximum atomic E-state index is 13.0. The zero-order valence-corrected chi connectivity index (χ0v) is 23.8. The number of carbonyl (C=O) groups excluding carboxylic acids is 3. The fourth-order valence-corrected chi connectivity index (χ4v) is 6.95. The van der Waals surface area contributed by atoms with Gasteiger partial charge in [0.15, 0.2) is 0 Å². The number of hydrogen-bond donors (Lipinski definition) is 5. The van der Waals surface area contributed by atoms with Crippen LogP contribution in [-0.2, 0) is 25.6 Å². The van der Waals surface area contributed by atoms with Crippen molar-refractivity contribution in [1.82, 2.24) is 25.4 Å². The second-order valence-electron chi connectivity index (χ2n) is 8.92. The van der Waals surface area contributed by atoms with Crippen molar-refractivity contribution < 1.29 is 24.3 Å². The minimum Gasteiger partial charge on any atom is -0.477 e. The molecule has 4 rings (SSSR count). The number of nitrogens with two attached hydrogens (primary N) is 1. The van der Waals surface area contributed by atoms with E-state index < -0.39 is 35.2 Å². The molecule has 0 aliphatic carbocycles. The Bertz CT molecular complexity index is 1300. The Labute approximate surface area is 237 Å². The van der Waals surface area contributed by atoms with E-state index in [2.05, 4.69) is 25.8 Å². The molecule has 0 radical (unpaired) electrons. The zero-order valence-electron chi connectivity index (χ0n) is 21.3. The highest BCUT2D eigenvalue weighted by Crippen LogP contribution is 2.41. The first-order chi connectivity index (χ1) is 18.7. The first kappa shape index (κ1) is 29.0. The predicted octanol–water partition coefficient (Wildman–Crippen LogP) is 1.21. The number of hydrogen-bond acceptors (Lipinski definition) is 10. The number of carboxylic acids is 1. The van der Waals surface area contributed by atoms with E-state index >= 15 is 0 Å². The molecule has 1 aromatic heterocycles. The Morgan fingerprint density at radius 3 is 2.79 bits per heavy atom. The number of fused-ring (bicyclic) bond motifs is 1. The minimum absolute atomic E-state index is 0.0557. The molecule has 0 saturated carbocycles. The molecular weight excluding hydrogens is 563 g/mol. The van der Waals surface area contributed by atoms with Crippen LogP contribution in [0, 0.1) is 6.92 Å². The van der Waals surface area contributed by atoms with Gasteiger partial charge in [-0.15, -0.1) is 16.9 Å². The van der Waals surface area contributed by atoms with Gasteiger partial charge in [-0.1, -0.05) is 30.0 Å². The molecule has 12 nitrogen and oxygen atoms in total. The standard InChI is InChI=1S/C24H29N7O5S3/c1-12-26-24(30-29-12)39-11-14-10-38-22-18(21(34)31(22)19(14)23(35)36)28-17(32)9-13-5-3-4-6-16(13)27-20(33)15(25)7-8-37-2/h3-6,15,18,22H,7-11,25H2,1-2H3,(H,27,33)(H,28,32)(H,35,36)(H,26,29,30)/t15?,18?,22-/m1/s1. The van der Waals surface area contributed by atoms with Gasteiger partial charge in [0.05, 0.1) is 12.5 Å². The van der Waals surface area contributed by atoms with Gasteiger partial charge in [-0.05, 0) is 42.6 Å². The summed E-state index contributed by atoms with van der Waals surface area (Å²) in [6, 6.07) is 5.40. The fourth-order valence-electron chi connectivity index (χ4n) is 4.13. The molecule has 1 aromatic carbocycles. The normalized spacial score (nSPS) is 19.3. The number of aromatic nitrogens is 3. The van der Waals surface area contributed by atoms with E-state index in [4.69, 9.17) is 5.73 Å². The summed E-state index contributed by atoms with van der Waals surface area (Å²) in [7, 11) is 0. The molecule has 1 fully saturated rings. The van der Waals surface area contributed by atoms with Crippen molar-refractivity contribution in [2.75, 3.05) is 28.8 Å². The highest BCUT2D eigenvalue weighted by Gasteiger charge is 2.54. The maximum absolute atomic E-state index is 13.0. The minimum atomic E-state index is -1.19. The summed E-state index contributed by atoms with van der Waals surface area (Å²) in [5, 5.41) is 22.2. The van der Waals surface area contributed by atoms with Crippen LogP contribution in [0.3, 0.4) is 0 Å². The van der Waals surface area contributed by atoms with E-state index in [1.165, 1.54) is 28.4 Å². The Morgan fingerprint density at radius 2 is 2.10 bits per heavy atom. The maximum Gasteiger partial charge on any atom is 0.352 e. The van der Waals surface area contributed by atoms with E-state index in [9.17, 15) is 24.3 Å². The van der Waals surface area contributed by atoms with Gasteiger partial charge in [-0.3, -0.25) is 24.4 Å². The molecule has 1 saturated heterocycles. The van der Waals surface area contributed by atoms with Crippen molar-refractivity contribution in [1.29, 1.82) is 0 Å². The van der Waals surface area contributed by atoms with Crippen LogP contribution in [-0.4, -0.2) is 89.9 Å². The van der Waals surface area contributed by atoms with Gasteiger partial charge < -0.3 is 21.5 Å². The molecule has 3 heterocycles. The molecule has 6 N–H and O–H groups in total. The topological polar surface area (TPSA) is 183 Å². The van der Waals surface area contributed by atoms with Crippen LogP contribution in [0.4, 0.5) is 5.69 Å². The van der Waals surface area contributed by atoms with Gasteiger partial charge in [0.25, 0.3) is 5.91 Å². The number of β-lactam (4-membered cyclic amide) rings is 1. The number of benzene rings is 1. The quantitative estimate of drug-likeness (QED) is 0.177. The average molecular weight is 592 g/mol. The molecule has 0 spiro atoms. The molecule has 3 amide bonds. The number of H-pyrrole nitrogens is 1. The molecule has 15 heteroatoms. The monoisotopic (exact) mass is 591 g/mol. The average Bonchev–Trinajstić information content (AvgIpc) is 3.34. The van der Waals surface area contributed by atoms with Crippen molar-refractivity contribution in [3.8, 4) is 0 Å². The highest BCUT2D eigenvalue weighted by atomic mass is 32.2. The molecule has 2 aliphatic rings. The molecule has 39 heavy (non-hydrogen) atoms. The van der Waals surface area contributed by atoms with E-state index in [0.29, 0.717) is 45.7 Å². The first-order valence-corrected chi connectivity index (χ1v) is 15.5. The zero-order chi connectivity index (χ0) is 28.1. The van der Waals surface area contributed by atoms with E-state index in [1.807, 2.05) is 6.26 Å². The Hall–Kier alpha value is -3.01. The molecule has 2 unspecified atom stereocenters. The fraction of sp³-hybridized carbons (Fsp3) is 0.417. The number of rotatable bonds is 12. The van der Waals surface area contributed by atoms with Gasteiger partial charge in [-0.25, -0.2) is 9.78 Å². The number of aromatic amines is 1. The van der Waals surface area contributed by atoms with Crippen molar-refractivity contribution in [2.45, 2.75) is 42.4 Å². The third-order valence-corrected chi connectivity index (χ3v) is 9.03. The van der Waals surface area contributed by atoms with Crippen molar-refractivity contribution in [3.63, 3.8) is 0 Å². The molecule has 0 bridgehead atoms. The van der Waals surface area contributed by atoms with Crippen molar-refractivity contribution in [3.05, 3.63) is 46.9 Å². The second-order valence-corrected chi connectivity index (χ2v) is 11.9. The van der Waals surface area contributed by atoms with Crippen LogP contribution in [0.2, 0.25) is 0 Å². The highest BCUT2D eigenvalue weighted by molar-refractivity contribution is 8.01. The van der Waals surface area contributed by atoms with Crippen molar-refractivity contribution in [2.24, 2.45) is 5.73 Å². The number of carbonyl (C=O) groups is 4. The summed E-state index contributed by atoms with van der Waals surface area (Å²) < 4.78 is 0. The number of nitrogens with zero attached hydrogens (tertiary/aromatic N) is 3. The van der Waals surface area contributed by atoms with Gasteiger partial charge in [0.1, 0.15) is 22.9 Å². The summed E-state index contributed by atoms with van der Waals surface area (Å²) in [5.41, 5.74) is 7.55. The molecule has 208 valence electrons. The smallest absolute Gasteiger partial charge is 0.352 e. The summed E-state index contributed by atoms with van der Waals surface area (Å²) in [4.78, 5) is 55.9. The number of para-hydroxylation sites is 1. The van der Waals surface area contributed by atoms with Crippen LogP contribution in [0.15, 0.2) is 40.7 Å². The van der Waals surface area contributed by atoms with Crippen LogP contribution in [0.25, 0.3) is 0 Å². The summed E-state index contributed by atoms with van der Waals surface area (Å²) in [5.74, 6) is -0.294. The Balaban J connectivity index is 1.38. The van der Waals surface area contributed by atoms with Crippen LogP contribution in [0.5, 0.6) is 0 Å². The SMILES string of the molecule is CSCCC(N)C(=O)Nc1ccccc1CC(=O)NC1C(=O)N2C(C(=O)O)=C(CSc3n[nH]c(C)n3)CS[C@H]12. The van der Waals surface area contributed by atoms with Crippen LogP contribution in [0.1, 0.15) is 17.8 Å². The summed E-state index contributed by atoms with van der Waals surface area (Å²) >= 11 is 4.29. The third kappa shape index (κ3) is 6.77. The number of aliphatic carboxylic acids is 1. The lowest BCUT2D eigenvalue weighted by Gasteiger charge is -2.49.